The predicted octanol–water partition coefficient (Wildman–Crippen LogP) is 1.45. The summed E-state index contributed by atoms with van der Waals surface area (Å²) in [5.74, 6) is -1.02. The highest BCUT2D eigenvalue weighted by atomic mass is 32.2. The molecule has 0 saturated heterocycles. The van der Waals surface area contributed by atoms with Crippen molar-refractivity contribution in [1.82, 2.24) is 16.0 Å². The lowest BCUT2D eigenvalue weighted by Gasteiger charge is -2.26. The third-order valence-corrected chi connectivity index (χ3v) is 6.16. The van der Waals surface area contributed by atoms with Gasteiger partial charge in [0.15, 0.2) is 0 Å². The second kappa shape index (κ2) is 17.0. The number of hydrogen-bond donors (Lipinski definition) is 5. The summed E-state index contributed by atoms with van der Waals surface area (Å²) in [4.78, 5) is 49.9. The Morgan fingerprint density at radius 2 is 1.15 bits per heavy atom. The molecule has 0 radical (unpaired) electrons. The monoisotopic (exact) mass is 506 g/mol. The standard InChI is InChI=1S/C22H42N4O5S2/c1-13(2)11-15(23)19(27)26-18(12-14(3)4)21(29)24-16(7-9-32-5)20(28)25-17(22(30)31)8-10-33-6/h13-18H,7-12,23H2,1-6H3,(H,24,29)(H,25,28)(H,26,27)(H,30,31). The van der Waals surface area contributed by atoms with Crippen LogP contribution in [0.25, 0.3) is 0 Å². The van der Waals surface area contributed by atoms with Crippen LogP contribution in [0.4, 0.5) is 0 Å². The van der Waals surface area contributed by atoms with Crippen LogP contribution in [-0.2, 0) is 19.2 Å². The Kier molecular flexibility index (Phi) is 16.3. The Labute approximate surface area is 206 Å². The van der Waals surface area contributed by atoms with Gasteiger partial charge in [0.2, 0.25) is 17.7 Å². The number of rotatable bonds is 17. The van der Waals surface area contributed by atoms with Crippen LogP contribution in [0.5, 0.6) is 0 Å². The van der Waals surface area contributed by atoms with Gasteiger partial charge < -0.3 is 26.8 Å². The van der Waals surface area contributed by atoms with E-state index < -0.39 is 47.9 Å². The molecule has 4 unspecified atom stereocenters. The molecule has 9 nitrogen and oxygen atoms in total. The number of carbonyl (C=O) groups excluding carboxylic acids is 3. The Morgan fingerprint density at radius 3 is 1.61 bits per heavy atom. The van der Waals surface area contributed by atoms with Gasteiger partial charge in [-0.15, -0.1) is 0 Å². The molecule has 4 atom stereocenters. The number of nitrogens with two attached hydrogens (primary N) is 1. The van der Waals surface area contributed by atoms with Crippen molar-refractivity contribution in [2.45, 2.75) is 77.5 Å². The number of hydrogen-bond acceptors (Lipinski definition) is 7. The number of carboxylic acid groups (broad SMARTS) is 1. The molecule has 11 heteroatoms. The largest absolute Gasteiger partial charge is 0.480 e. The topological polar surface area (TPSA) is 151 Å². The maximum Gasteiger partial charge on any atom is 0.326 e. The van der Waals surface area contributed by atoms with Crippen molar-refractivity contribution in [2.24, 2.45) is 17.6 Å². The van der Waals surface area contributed by atoms with E-state index in [1.54, 1.807) is 0 Å². The number of thioether (sulfide) groups is 2. The van der Waals surface area contributed by atoms with Crippen LogP contribution >= 0.6 is 23.5 Å². The molecule has 0 aliphatic heterocycles. The van der Waals surface area contributed by atoms with Crippen LogP contribution in [0, 0.1) is 11.8 Å². The zero-order valence-corrected chi connectivity index (χ0v) is 22.3. The molecule has 0 aliphatic rings. The van der Waals surface area contributed by atoms with Gasteiger partial charge in [-0.25, -0.2) is 4.79 Å². The lowest BCUT2D eigenvalue weighted by Crippen LogP contribution is -2.57. The van der Waals surface area contributed by atoms with Crippen LogP contribution in [0.1, 0.15) is 53.4 Å². The van der Waals surface area contributed by atoms with E-state index in [9.17, 15) is 24.3 Å². The minimum atomic E-state index is -1.11. The zero-order chi connectivity index (χ0) is 25.6. The van der Waals surface area contributed by atoms with Crippen LogP contribution in [0.2, 0.25) is 0 Å². The molecule has 0 spiro atoms. The molecule has 3 amide bonds. The van der Waals surface area contributed by atoms with Crippen molar-refractivity contribution in [3.05, 3.63) is 0 Å². The van der Waals surface area contributed by atoms with Gasteiger partial charge in [-0.3, -0.25) is 14.4 Å². The Hall–Kier alpha value is -1.46. The number of carbonyl (C=O) groups is 4. The minimum Gasteiger partial charge on any atom is -0.480 e. The molecular weight excluding hydrogens is 464 g/mol. The summed E-state index contributed by atoms with van der Waals surface area (Å²) in [6.45, 7) is 7.79. The highest BCUT2D eigenvalue weighted by molar-refractivity contribution is 7.98. The Bertz CT molecular complexity index is 634. The van der Waals surface area contributed by atoms with Gasteiger partial charge in [-0.1, -0.05) is 27.7 Å². The van der Waals surface area contributed by atoms with E-state index in [-0.39, 0.29) is 18.3 Å². The van der Waals surface area contributed by atoms with Gasteiger partial charge >= 0.3 is 5.97 Å². The van der Waals surface area contributed by atoms with Crippen molar-refractivity contribution in [1.29, 1.82) is 0 Å². The quantitative estimate of drug-likeness (QED) is 0.199. The summed E-state index contributed by atoms with van der Waals surface area (Å²) in [5.41, 5.74) is 5.97. The highest BCUT2D eigenvalue weighted by Crippen LogP contribution is 2.10. The van der Waals surface area contributed by atoms with Gasteiger partial charge in [-0.05, 0) is 61.5 Å². The fraction of sp³-hybridized carbons (Fsp3) is 0.818. The van der Waals surface area contributed by atoms with Crippen molar-refractivity contribution in [2.75, 3.05) is 24.0 Å². The van der Waals surface area contributed by atoms with E-state index in [2.05, 4.69) is 16.0 Å². The average molecular weight is 507 g/mol. The summed E-state index contributed by atoms with van der Waals surface area (Å²) in [7, 11) is 0. The second-order valence-corrected chi connectivity index (χ2v) is 10.9. The summed E-state index contributed by atoms with van der Waals surface area (Å²) >= 11 is 3.01. The normalized spacial score (nSPS) is 14.9. The van der Waals surface area contributed by atoms with Crippen LogP contribution in [0.15, 0.2) is 0 Å². The number of amides is 3. The molecule has 0 fully saturated rings. The highest BCUT2D eigenvalue weighted by Gasteiger charge is 2.30. The molecule has 0 aromatic carbocycles. The summed E-state index contributed by atoms with van der Waals surface area (Å²) in [6, 6.07) is -3.50. The van der Waals surface area contributed by atoms with E-state index in [1.165, 1.54) is 23.5 Å². The first-order chi connectivity index (χ1) is 15.4. The van der Waals surface area contributed by atoms with Crippen molar-refractivity contribution in [3.63, 3.8) is 0 Å². The molecule has 6 N–H and O–H groups in total. The molecule has 0 bridgehead atoms. The molecule has 192 valence electrons. The van der Waals surface area contributed by atoms with Crippen molar-refractivity contribution < 1.29 is 24.3 Å². The van der Waals surface area contributed by atoms with E-state index in [4.69, 9.17) is 5.73 Å². The minimum absolute atomic E-state index is 0.115. The molecule has 0 saturated carbocycles. The first kappa shape index (κ1) is 31.5. The summed E-state index contributed by atoms with van der Waals surface area (Å²) in [5, 5.41) is 17.4. The van der Waals surface area contributed by atoms with E-state index >= 15 is 0 Å². The first-order valence-electron chi connectivity index (χ1n) is 11.3. The lowest BCUT2D eigenvalue weighted by atomic mass is 10.00. The maximum atomic E-state index is 13.1. The van der Waals surface area contributed by atoms with Gasteiger partial charge in [0.1, 0.15) is 18.1 Å². The van der Waals surface area contributed by atoms with Crippen molar-refractivity contribution >= 4 is 47.2 Å². The average Bonchev–Trinajstić information content (AvgIpc) is 2.71. The molecule has 0 rings (SSSR count). The predicted molar refractivity (Wildman–Crippen MR) is 136 cm³/mol. The number of carboxylic acids is 1. The zero-order valence-electron chi connectivity index (χ0n) is 20.7. The van der Waals surface area contributed by atoms with E-state index in [0.29, 0.717) is 30.8 Å². The molecule has 33 heavy (non-hydrogen) atoms. The number of nitrogens with one attached hydrogen (secondary N) is 3. The smallest absolute Gasteiger partial charge is 0.326 e. The Morgan fingerprint density at radius 1 is 0.727 bits per heavy atom. The van der Waals surface area contributed by atoms with Gasteiger partial charge in [0.05, 0.1) is 6.04 Å². The molecule has 0 aromatic rings. The fourth-order valence-corrected chi connectivity index (χ4v) is 4.08. The third kappa shape index (κ3) is 13.7. The first-order valence-corrected chi connectivity index (χ1v) is 14.1. The Balaban J connectivity index is 5.41. The van der Waals surface area contributed by atoms with Gasteiger partial charge in [0, 0.05) is 0 Å². The van der Waals surface area contributed by atoms with Crippen LogP contribution in [-0.4, -0.2) is 77.0 Å². The lowest BCUT2D eigenvalue weighted by molar-refractivity contribution is -0.142. The van der Waals surface area contributed by atoms with Crippen molar-refractivity contribution in [3.8, 4) is 0 Å². The fourth-order valence-electron chi connectivity index (χ4n) is 3.14. The van der Waals surface area contributed by atoms with Gasteiger partial charge in [-0.2, -0.15) is 23.5 Å². The number of aliphatic carboxylic acids is 1. The third-order valence-electron chi connectivity index (χ3n) is 4.87. The van der Waals surface area contributed by atoms with Crippen LogP contribution < -0.4 is 21.7 Å². The van der Waals surface area contributed by atoms with E-state index in [1.807, 2.05) is 40.2 Å². The SMILES string of the molecule is CSCCC(NC(=O)C(CCSC)NC(=O)C(CC(C)C)NC(=O)C(N)CC(C)C)C(=O)O. The summed E-state index contributed by atoms with van der Waals surface area (Å²) < 4.78 is 0. The van der Waals surface area contributed by atoms with Crippen LogP contribution in [0.3, 0.4) is 0 Å². The molecular formula is C22H42N4O5S2. The molecule has 0 heterocycles. The molecule has 0 aliphatic carbocycles. The molecule has 0 aromatic heterocycles. The second-order valence-electron chi connectivity index (χ2n) is 8.95. The van der Waals surface area contributed by atoms with Gasteiger partial charge in [0.25, 0.3) is 0 Å². The maximum absolute atomic E-state index is 13.1. The van der Waals surface area contributed by atoms with E-state index in [0.717, 1.165) is 0 Å². The summed E-state index contributed by atoms with van der Waals surface area (Å²) in [6.07, 6.45) is 5.24.